The second-order valence-corrected chi connectivity index (χ2v) is 11.5. The molecule has 8 nitrogen and oxygen atoms in total. The summed E-state index contributed by atoms with van der Waals surface area (Å²) in [7, 11) is 4.72. The minimum absolute atomic E-state index is 0.157. The molecular formula is C29H43BrO8. The van der Waals surface area contributed by atoms with Gasteiger partial charge in [-0.25, -0.2) is 0 Å². The highest BCUT2D eigenvalue weighted by atomic mass is 79.9. The first-order valence-electron chi connectivity index (χ1n) is 13.4. The van der Waals surface area contributed by atoms with Gasteiger partial charge in [0.05, 0.1) is 18.3 Å². The van der Waals surface area contributed by atoms with Gasteiger partial charge in [0.2, 0.25) is 5.79 Å². The number of esters is 1. The Bertz CT molecular complexity index is 924. The van der Waals surface area contributed by atoms with E-state index >= 15 is 0 Å². The molecule has 2 aliphatic heterocycles. The number of cyclic esters (lactones) is 1. The maximum Gasteiger partial charge on any atom is 0.314 e. The third kappa shape index (κ3) is 6.86. The molecule has 2 heterocycles. The number of ether oxygens (including phenoxy) is 5. The molecule has 2 N–H and O–H groups in total. The van der Waals surface area contributed by atoms with E-state index in [1.54, 1.807) is 21.1 Å². The quantitative estimate of drug-likeness (QED) is 0.384. The molecule has 0 aromatic heterocycles. The van der Waals surface area contributed by atoms with E-state index in [9.17, 15) is 15.0 Å². The molecule has 0 spiro atoms. The molecule has 214 valence electrons. The van der Waals surface area contributed by atoms with E-state index in [0.29, 0.717) is 6.42 Å². The SMILES string of the molecule is COC1CCCC[C@@H](c2ccc(Br)cc2)OC(=O)[C@@H](C)[C@@]2(O)O[C@H]([C@@H](C)[C@H](O)[C@H]2OC)[C@@H](C)/C=C/[C@H]1OC. The standard InChI is InChI=1S/C29H43BrO8/c1-17-11-16-24(35-5)23(34-4)10-8-7-9-22(20-12-14-21(30)15-13-20)37-28(32)19(3)29(33)27(36-6)25(31)18(2)26(17)38-29/h11-19,22-27,31,33H,7-10H2,1-6H3/b16-11+/t17-,18-,19+,22-,23?,24+,25-,26-,27+,29+/m0/s1. The van der Waals surface area contributed by atoms with Crippen molar-refractivity contribution in [1.82, 2.24) is 0 Å². The van der Waals surface area contributed by atoms with Gasteiger partial charge in [0.15, 0.2) is 0 Å². The van der Waals surface area contributed by atoms with Crippen LogP contribution in [0.3, 0.4) is 0 Å². The van der Waals surface area contributed by atoms with Crippen molar-refractivity contribution >= 4 is 21.9 Å². The summed E-state index contributed by atoms with van der Waals surface area (Å²) in [6, 6.07) is 7.65. The van der Waals surface area contributed by atoms with Crippen molar-refractivity contribution in [1.29, 1.82) is 0 Å². The number of methoxy groups -OCH3 is 3. The monoisotopic (exact) mass is 598 g/mol. The molecule has 0 radical (unpaired) electrons. The van der Waals surface area contributed by atoms with Gasteiger partial charge in [0.25, 0.3) is 0 Å². The summed E-state index contributed by atoms with van der Waals surface area (Å²) in [4.78, 5) is 13.5. The highest BCUT2D eigenvalue weighted by Gasteiger charge is 2.58. The van der Waals surface area contributed by atoms with Crippen molar-refractivity contribution < 1.29 is 38.7 Å². The molecule has 10 atom stereocenters. The molecule has 0 saturated carbocycles. The number of aliphatic hydroxyl groups excluding tert-OH is 1. The summed E-state index contributed by atoms with van der Waals surface area (Å²) < 4.78 is 30.2. The topological polar surface area (TPSA) is 104 Å². The molecule has 9 heteroatoms. The van der Waals surface area contributed by atoms with E-state index in [1.807, 2.05) is 50.3 Å². The van der Waals surface area contributed by atoms with Crippen LogP contribution in [0.4, 0.5) is 0 Å². The van der Waals surface area contributed by atoms with Crippen LogP contribution < -0.4 is 0 Å². The van der Waals surface area contributed by atoms with Gasteiger partial charge in [-0.2, -0.15) is 0 Å². The Hall–Kier alpha value is -1.33. The predicted molar refractivity (Wildman–Crippen MR) is 146 cm³/mol. The Morgan fingerprint density at radius 2 is 1.63 bits per heavy atom. The molecule has 1 aromatic rings. The normalized spacial score (nSPS) is 40.3. The molecule has 3 rings (SSSR count). The first-order chi connectivity index (χ1) is 18.1. The molecule has 2 bridgehead atoms. The van der Waals surface area contributed by atoms with E-state index in [4.69, 9.17) is 23.7 Å². The summed E-state index contributed by atoms with van der Waals surface area (Å²) in [5.41, 5.74) is 0.857. The van der Waals surface area contributed by atoms with Crippen molar-refractivity contribution in [2.24, 2.45) is 17.8 Å². The molecule has 1 unspecified atom stereocenters. The van der Waals surface area contributed by atoms with Gasteiger partial charge in [0.1, 0.15) is 24.2 Å². The van der Waals surface area contributed by atoms with E-state index in [2.05, 4.69) is 15.9 Å². The Morgan fingerprint density at radius 3 is 2.24 bits per heavy atom. The minimum Gasteiger partial charge on any atom is -0.457 e. The number of halogens is 1. The lowest BCUT2D eigenvalue weighted by Crippen LogP contribution is -2.66. The molecule has 0 aliphatic carbocycles. The third-order valence-corrected chi connectivity index (χ3v) is 8.63. The number of carbonyl (C=O) groups excluding carboxylic acids is 1. The van der Waals surface area contributed by atoms with Crippen LogP contribution in [-0.4, -0.2) is 73.8 Å². The Balaban J connectivity index is 2.01. The van der Waals surface area contributed by atoms with Crippen molar-refractivity contribution in [2.75, 3.05) is 21.3 Å². The van der Waals surface area contributed by atoms with Crippen LogP contribution in [0.5, 0.6) is 0 Å². The van der Waals surface area contributed by atoms with Crippen LogP contribution in [0.15, 0.2) is 40.9 Å². The fourth-order valence-corrected chi connectivity index (χ4v) is 5.84. The zero-order valence-corrected chi connectivity index (χ0v) is 24.8. The molecule has 1 aromatic carbocycles. The van der Waals surface area contributed by atoms with Gasteiger partial charge in [-0.05, 0) is 43.9 Å². The lowest BCUT2D eigenvalue weighted by molar-refractivity contribution is -0.360. The van der Waals surface area contributed by atoms with Gasteiger partial charge >= 0.3 is 5.97 Å². The highest BCUT2D eigenvalue weighted by Crippen LogP contribution is 2.42. The van der Waals surface area contributed by atoms with Crippen molar-refractivity contribution in [3.05, 3.63) is 46.5 Å². The zero-order valence-electron chi connectivity index (χ0n) is 23.2. The molecule has 0 amide bonds. The van der Waals surface area contributed by atoms with Crippen LogP contribution in [0, 0.1) is 17.8 Å². The molecule has 1 fully saturated rings. The van der Waals surface area contributed by atoms with Gasteiger partial charge in [0, 0.05) is 37.6 Å². The van der Waals surface area contributed by atoms with E-state index in [0.717, 1.165) is 29.3 Å². The van der Waals surface area contributed by atoms with E-state index in [-0.39, 0.29) is 24.0 Å². The number of carbonyl (C=O) groups is 1. The zero-order chi connectivity index (χ0) is 28.0. The summed E-state index contributed by atoms with van der Waals surface area (Å²) >= 11 is 3.46. The van der Waals surface area contributed by atoms with Crippen LogP contribution >= 0.6 is 15.9 Å². The number of benzene rings is 1. The second kappa shape index (κ2) is 13.8. The summed E-state index contributed by atoms with van der Waals surface area (Å²) in [5.74, 6) is -4.43. The maximum atomic E-state index is 13.5. The van der Waals surface area contributed by atoms with E-state index in [1.165, 1.54) is 7.11 Å². The highest BCUT2D eigenvalue weighted by molar-refractivity contribution is 9.10. The first kappa shape index (κ1) is 31.2. The van der Waals surface area contributed by atoms with Gasteiger partial charge in [-0.15, -0.1) is 0 Å². The summed E-state index contributed by atoms with van der Waals surface area (Å²) in [6.45, 7) is 5.35. The summed E-state index contributed by atoms with van der Waals surface area (Å²) in [5, 5.41) is 23.0. The lowest BCUT2D eigenvalue weighted by Gasteiger charge is -2.51. The van der Waals surface area contributed by atoms with Gasteiger partial charge < -0.3 is 33.9 Å². The van der Waals surface area contributed by atoms with Crippen LogP contribution in [0.25, 0.3) is 0 Å². The number of rotatable bonds is 4. The molecular weight excluding hydrogens is 556 g/mol. The Morgan fingerprint density at radius 1 is 0.974 bits per heavy atom. The van der Waals surface area contributed by atoms with Crippen LogP contribution in [0.2, 0.25) is 0 Å². The Kier molecular flexibility index (Phi) is 11.4. The number of hydrogen-bond donors (Lipinski definition) is 2. The molecule has 2 aliphatic rings. The van der Waals surface area contributed by atoms with Gasteiger partial charge in [-0.3, -0.25) is 4.79 Å². The second-order valence-electron chi connectivity index (χ2n) is 10.5. The number of hydrogen-bond acceptors (Lipinski definition) is 8. The maximum absolute atomic E-state index is 13.5. The lowest BCUT2D eigenvalue weighted by atomic mass is 9.78. The summed E-state index contributed by atoms with van der Waals surface area (Å²) in [6.07, 6.45) is 3.17. The van der Waals surface area contributed by atoms with Crippen molar-refractivity contribution in [2.45, 2.75) is 88.9 Å². The first-order valence-corrected chi connectivity index (χ1v) is 14.2. The smallest absolute Gasteiger partial charge is 0.314 e. The fourth-order valence-electron chi connectivity index (χ4n) is 5.57. The van der Waals surface area contributed by atoms with E-state index < -0.39 is 42.1 Å². The largest absolute Gasteiger partial charge is 0.457 e. The average molecular weight is 600 g/mol. The van der Waals surface area contributed by atoms with Crippen LogP contribution in [-0.2, 0) is 28.5 Å². The van der Waals surface area contributed by atoms with Crippen LogP contribution in [0.1, 0.15) is 58.1 Å². The third-order valence-electron chi connectivity index (χ3n) is 8.10. The molecule has 38 heavy (non-hydrogen) atoms. The van der Waals surface area contributed by atoms with Crippen molar-refractivity contribution in [3.63, 3.8) is 0 Å². The number of fused-ring (bicyclic) bond motifs is 2. The molecule has 1 saturated heterocycles. The van der Waals surface area contributed by atoms with Crippen molar-refractivity contribution in [3.8, 4) is 0 Å². The average Bonchev–Trinajstić information content (AvgIpc) is 2.90. The minimum atomic E-state index is -2.10. The Labute approximate surface area is 234 Å². The van der Waals surface area contributed by atoms with Gasteiger partial charge in [-0.1, -0.05) is 60.5 Å². The number of aliphatic hydroxyl groups is 2. The fraction of sp³-hybridized carbons (Fsp3) is 0.690. The predicted octanol–water partition coefficient (Wildman–Crippen LogP) is 4.57.